The van der Waals surface area contributed by atoms with Gasteiger partial charge < -0.3 is 14.6 Å². The third-order valence-corrected chi connectivity index (χ3v) is 2.07. The highest BCUT2D eigenvalue weighted by Crippen LogP contribution is 2.24. The highest BCUT2D eigenvalue weighted by molar-refractivity contribution is 4.70. The van der Waals surface area contributed by atoms with Crippen LogP contribution in [-0.4, -0.2) is 31.2 Å². The van der Waals surface area contributed by atoms with E-state index in [2.05, 4.69) is 6.92 Å². The molecular weight excluding hydrogens is 144 g/mol. The topological polar surface area (TPSA) is 38.7 Å². The first-order valence-electron chi connectivity index (χ1n) is 4.05. The third kappa shape index (κ3) is 2.43. The Morgan fingerprint density at radius 1 is 1.55 bits per heavy atom. The van der Waals surface area contributed by atoms with Crippen LogP contribution in [0.2, 0.25) is 0 Å². The molecule has 3 heteroatoms. The average Bonchev–Trinajstić information content (AvgIpc) is 2.03. The zero-order valence-corrected chi connectivity index (χ0v) is 7.12. The van der Waals surface area contributed by atoms with Crippen molar-refractivity contribution in [2.75, 3.05) is 13.7 Å². The fraction of sp³-hybridized carbons (Fsp3) is 1.00. The van der Waals surface area contributed by atoms with Gasteiger partial charge in [0, 0.05) is 13.5 Å². The molecule has 1 saturated heterocycles. The molecule has 0 radical (unpaired) electrons. The molecule has 1 rings (SSSR count). The molecule has 66 valence electrons. The lowest BCUT2D eigenvalue weighted by Crippen LogP contribution is -2.34. The number of rotatable bonds is 2. The maximum atomic E-state index is 8.84. The van der Waals surface area contributed by atoms with Crippen molar-refractivity contribution in [2.45, 2.75) is 32.2 Å². The first-order valence-corrected chi connectivity index (χ1v) is 4.05. The Kier molecular flexibility index (Phi) is 3.30. The van der Waals surface area contributed by atoms with Gasteiger partial charge in [-0.1, -0.05) is 6.92 Å². The molecule has 0 aromatic rings. The van der Waals surface area contributed by atoms with Crippen molar-refractivity contribution in [3.05, 3.63) is 0 Å². The van der Waals surface area contributed by atoms with Crippen molar-refractivity contribution in [3.63, 3.8) is 0 Å². The van der Waals surface area contributed by atoms with Gasteiger partial charge in [0.05, 0.1) is 12.7 Å². The molecule has 1 aliphatic rings. The SMILES string of the molecule is CO[C@H]1C[C@H](C)CC(CO)O1. The Labute approximate surface area is 67.3 Å². The molecule has 1 heterocycles. The number of ether oxygens (including phenoxy) is 2. The summed E-state index contributed by atoms with van der Waals surface area (Å²) < 4.78 is 10.4. The van der Waals surface area contributed by atoms with Crippen molar-refractivity contribution in [3.8, 4) is 0 Å². The molecular formula is C8H16O3. The van der Waals surface area contributed by atoms with Gasteiger partial charge in [-0.3, -0.25) is 0 Å². The molecule has 0 bridgehead atoms. The van der Waals surface area contributed by atoms with E-state index in [9.17, 15) is 0 Å². The van der Waals surface area contributed by atoms with Crippen molar-refractivity contribution in [1.29, 1.82) is 0 Å². The molecule has 0 aromatic carbocycles. The Balaban J connectivity index is 2.37. The minimum Gasteiger partial charge on any atom is -0.394 e. The lowest BCUT2D eigenvalue weighted by atomic mass is 9.97. The fourth-order valence-corrected chi connectivity index (χ4v) is 1.47. The maximum absolute atomic E-state index is 8.84. The Morgan fingerprint density at radius 2 is 2.27 bits per heavy atom. The summed E-state index contributed by atoms with van der Waals surface area (Å²) in [6, 6.07) is 0. The van der Waals surface area contributed by atoms with Gasteiger partial charge in [0.25, 0.3) is 0 Å². The van der Waals surface area contributed by atoms with E-state index in [0.29, 0.717) is 5.92 Å². The number of hydrogen-bond acceptors (Lipinski definition) is 3. The molecule has 11 heavy (non-hydrogen) atoms. The van der Waals surface area contributed by atoms with E-state index in [1.54, 1.807) is 7.11 Å². The Morgan fingerprint density at radius 3 is 2.82 bits per heavy atom. The summed E-state index contributed by atoms with van der Waals surface area (Å²) in [7, 11) is 1.64. The summed E-state index contributed by atoms with van der Waals surface area (Å²) in [4.78, 5) is 0. The van der Waals surface area contributed by atoms with E-state index in [0.717, 1.165) is 12.8 Å². The second-order valence-electron chi connectivity index (χ2n) is 3.18. The van der Waals surface area contributed by atoms with Crippen LogP contribution in [-0.2, 0) is 9.47 Å². The molecule has 0 aromatic heterocycles. The summed E-state index contributed by atoms with van der Waals surface area (Å²) in [5.41, 5.74) is 0. The normalized spacial score (nSPS) is 39.0. The van der Waals surface area contributed by atoms with Gasteiger partial charge in [-0.2, -0.15) is 0 Å². The van der Waals surface area contributed by atoms with Crippen molar-refractivity contribution in [1.82, 2.24) is 0 Å². The van der Waals surface area contributed by atoms with Gasteiger partial charge >= 0.3 is 0 Å². The summed E-state index contributed by atoms with van der Waals surface area (Å²) >= 11 is 0. The van der Waals surface area contributed by atoms with Gasteiger partial charge in [-0.25, -0.2) is 0 Å². The van der Waals surface area contributed by atoms with Gasteiger partial charge in [0.2, 0.25) is 0 Å². The van der Waals surface area contributed by atoms with E-state index >= 15 is 0 Å². The second kappa shape index (κ2) is 4.04. The Hall–Kier alpha value is -0.120. The quantitative estimate of drug-likeness (QED) is 0.648. The third-order valence-electron chi connectivity index (χ3n) is 2.07. The van der Waals surface area contributed by atoms with Crippen LogP contribution >= 0.6 is 0 Å². The highest BCUT2D eigenvalue weighted by atomic mass is 16.7. The van der Waals surface area contributed by atoms with Crippen LogP contribution in [0, 0.1) is 5.92 Å². The van der Waals surface area contributed by atoms with Crippen molar-refractivity contribution >= 4 is 0 Å². The molecule has 1 N–H and O–H groups in total. The number of hydrogen-bond donors (Lipinski definition) is 1. The van der Waals surface area contributed by atoms with E-state index in [-0.39, 0.29) is 19.0 Å². The van der Waals surface area contributed by atoms with E-state index < -0.39 is 0 Å². The van der Waals surface area contributed by atoms with E-state index in [4.69, 9.17) is 14.6 Å². The molecule has 1 aliphatic heterocycles. The maximum Gasteiger partial charge on any atom is 0.157 e. The van der Waals surface area contributed by atoms with Crippen LogP contribution in [0.5, 0.6) is 0 Å². The Bertz CT molecular complexity index is 104. The van der Waals surface area contributed by atoms with Crippen LogP contribution in [0.4, 0.5) is 0 Å². The first kappa shape index (κ1) is 8.97. The van der Waals surface area contributed by atoms with Crippen LogP contribution < -0.4 is 0 Å². The molecule has 0 aliphatic carbocycles. The molecule has 0 saturated carbocycles. The number of methoxy groups -OCH3 is 1. The highest BCUT2D eigenvalue weighted by Gasteiger charge is 2.25. The van der Waals surface area contributed by atoms with Crippen LogP contribution in [0.1, 0.15) is 19.8 Å². The monoisotopic (exact) mass is 160 g/mol. The molecule has 3 atom stereocenters. The van der Waals surface area contributed by atoms with E-state index in [1.165, 1.54) is 0 Å². The van der Waals surface area contributed by atoms with Crippen LogP contribution in [0.15, 0.2) is 0 Å². The minimum absolute atomic E-state index is 0.0244. The largest absolute Gasteiger partial charge is 0.394 e. The summed E-state index contributed by atoms with van der Waals surface area (Å²) in [5, 5.41) is 8.84. The first-order chi connectivity index (χ1) is 5.26. The zero-order valence-electron chi connectivity index (χ0n) is 7.12. The smallest absolute Gasteiger partial charge is 0.157 e. The van der Waals surface area contributed by atoms with Gasteiger partial charge in [0.15, 0.2) is 6.29 Å². The predicted molar refractivity (Wildman–Crippen MR) is 41.2 cm³/mol. The number of aliphatic hydroxyl groups excluding tert-OH is 1. The summed E-state index contributed by atoms with van der Waals surface area (Å²) in [5.74, 6) is 0.589. The fourth-order valence-electron chi connectivity index (χ4n) is 1.47. The lowest BCUT2D eigenvalue weighted by Gasteiger charge is -2.31. The molecule has 0 amide bonds. The second-order valence-corrected chi connectivity index (χ2v) is 3.18. The van der Waals surface area contributed by atoms with Crippen LogP contribution in [0.3, 0.4) is 0 Å². The van der Waals surface area contributed by atoms with Gasteiger partial charge in [-0.15, -0.1) is 0 Å². The average molecular weight is 160 g/mol. The van der Waals surface area contributed by atoms with Gasteiger partial charge in [0.1, 0.15) is 0 Å². The van der Waals surface area contributed by atoms with E-state index in [1.807, 2.05) is 0 Å². The molecule has 1 fully saturated rings. The van der Waals surface area contributed by atoms with Crippen molar-refractivity contribution < 1.29 is 14.6 Å². The van der Waals surface area contributed by atoms with Crippen LogP contribution in [0.25, 0.3) is 0 Å². The zero-order chi connectivity index (χ0) is 8.27. The molecule has 3 nitrogen and oxygen atoms in total. The lowest BCUT2D eigenvalue weighted by molar-refractivity contribution is -0.199. The molecule has 1 unspecified atom stereocenters. The standard InChI is InChI=1S/C8H16O3/c1-6-3-7(5-9)11-8(4-6)10-2/h6-9H,3-5H2,1-2H3/t6-,7?,8-/m1/s1. The minimum atomic E-state index is -0.115. The van der Waals surface area contributed by atoms with Gasteiger partial charge in [-0.05, 0) is 12.3 Å². The summed E-state index contributed by atoms with van der Waals surface area (Å²) in [6.45, 7) is 2.25. The predicted octanol–water partition coefficient (Wildman–Crippen LogP) is 0.766. The number of aliphatic hydroxyl groups is 1. The van der Waals surface area contributed by atoms with Crippen molar-refractivity contribution in [2.24, 2.45) is 5.92 Å². The summed E-state index contributed by atoms with van der Waals surface area (Å²) in [6.07, 6.45) is 1.74. The molecule has 0 spiro atoms.